The van der Waals surface area contributed by atoms with Crippen LogP contribution in [-0.2, 0) is 13.0 Å². The van der Waals surface area contributed by atoms with Gasteiger partial charge in [0.1, 0.15) is 5.69 Å². The molecule has 1 amide bonds. The van der Waals surface area contributed by atoms with E-state index < -0.39 is 5.91 Å². The Morgan fingerprint density at radius 1 is 1.33 bits per heavy atom. The molecule has 2 heterocycles. The third-order valence-electron chi connectivity index (χ3n) is 3.15. The van der Waals surface area contributed by atoms with Crippen molar-refractivity contribution in [2.75, 3.05) is 11.4 Å². The van der Waals surface area contributed by atoms with Gasteiger partial charge in [0.05, 0.1) is 0 Å². The van der Waals surface area contributed by atoms with E-state index in [-0.39, 0.29) is 0 Å². The topological polar surface area (TPSA) is 59.2 Å². The van der Waals surface area contributed by atoms with Gasteiger partial charge in [-0.3, -0.25) is 4.79 Å². The molecule has 0 fully saturated rings. The summed E-state index contributed by atoms with van der Waals surface area (Å²) in [7, 11) is 0. The summed E-state index contributed by atoms with van der Waals surface area (Å²) in [6.45, 7) is 1.78. The second-order valence-electron chi connectivity index (χ2n) is 4.32. The molecule has 3 rings (SSSR count). The Labute approximate surface area is 109 Å². The highest BCUT2D eigenvalue weighted by atomic mass is 32.1. The maximum atomic E-state index is 11.0. The van der Waals surface area contributed by atoms with Gasteiger partial charge in [-0.25, -0.2) is 4.98 Å². The zero-order valence-corrected chi connectivity index (χ0v) is 10.6. The Kier molecular flexibility index (Phi) is 2.76. The average molecular weight is 259 g/mol. The van der Waals surface area contributed by atoms with Gasteiger partial charge >= 0.3 is 0 Å². The van der Waals surface area contributed by atoms with Gasteiger partial charge in [0.25, 0.3) is 5.91 Å². The highest BCUT2D eigenvalue weighted by Crippen LogP contribution is 2.26. The number of rotatable bonds is 2. The Morgan fingerprint density at radius 3 is 2.83 bits per heavy atom. The molecule has 2 aromatic rings. The summed E-state index contributed by atoms with van der Waals surface area (Å²) in [5.74, 6) is -0.463. The fraction of sp³-hybridized carbons (Fsp3) is 0.231. The van der Waals surface area contributed by atoms with E-state index in [0.717, 1.165) is 24.6 Å². The smallest absolute Gasteiger partial charge is 0.268 e. The number of nitrogens with two attached hydrogens (primary N) is 1. The highest BCUT2D eigenvalue weighted by Gasteiger charge is 2.19. The van der Waals surface area contributed by atoms with Crippen LogP contribution >= 0.6 is 11.3 Å². The van der Waals surface area contributed by atoms with Crippen LogP contribution in [0.3, 0.4) is 0 Å². The minimum Gasteiger partial charge on any atom is -0.364 e. The molecule has 0 bridgehead atoms. The Morgan fingerprint density at radius 2 is 2.11 bits per heavy atom. The lowest BCUT2D eigenvalue weighted by atomic mass is 10.0. The molecule has 0 saturated carbocycles. The van der Waals surface area contributed by atoms with Crippen molar-refractivity contribution >= 4 is 22.4 Å². The van der Waals surface area contributed by atoms with Crippen LogP contribution in [0.1, 0.15) is 21.6 Å². The number of anilines is 1. The molecule has 0 spiro atoms. The quantitative estimate of drug-likeness (QED) is 0.894. The molecule has 1 aromatic heterocycles. The van der Waals surface area contributed by atoms with Crippen LogP contribution in [0.25, 0.3) is 0 Å². The maximum Gasteiger partial charge on any atom is 0.268 e. The molecule has 1 aliphatic heterocycles. The number of carbonyl (C=O) groups excluding carboxylic acids is 1. The van der Waals surface area contributed by atoms with Gasteiger partial charge in [-0.2, -0.15) is 0 Å². The Bertz CT molecular complexity index is 593. The number of nitrogens with zero attached hydrogens (tertiary/aromatic N) is 2. The van der Waals surface area contributed by atoms with Crippen molar-refractivity contribution in [3.05, 3.63) is 46.5 Å². The molecule has 18 heavy (non-hydrogen) atoms. The van der Waals surface area contributed by atoms with Crippen molar-refractivity contribution in [1.29, 1.82) is 0 Å². The van der Waals surface area contributed by atoms with Gasteiger partial charge in [0, 0.05) is 18.5 Å². The number of benzene rings is 1. The van der Waals surface area contributed by atoms with Crippen molar-refractivity contribution in [2.24, 2.45) is 5.73 Å². The van der Waals surface area contributed by atoms with Gasteiger partial charge in [-0.1, -0.05) is 24.3 Å². The molecule has 92 valence electrons. The number of amides is 1. The summed E-state index contributed by atoms with van der Waals surface area (Å²) in [5, 5.41) is 2.59. The first-order valence-electron chi connectivity index (χ1n) is 5.81. The number of primary amides is 1. The van der Waals surface area contributed by atoms with Gasteiger partial charge < -0.3 is 10.6 Å². The molecule has 4 nitrogen and oxygen atoms in total. The molecule has 0 unspecified atom stereocenters. The van der Waals surface area contributed by atoms with Gasteiger partial charge in [0.2, 0.25) is 0 Å². The van der Waals surface area contributed by atoms with Crippen LogP contribution in [-0.4, -0.2) is 17.4 Å². The van der Waals surface area contributed by atoms with E-state index in [2.05, 4.69) is 34.1 Å². The van der Waals surface area contributed by atoms with E-state index in [1.165, 1.54) is 22.5 Å². The number of thiazole rings is 1. The van der Waals surface area contributed by atoms with Crippen LogP contribution in [0.15, 0.2) is 29.6 Å². The third-order valence-corrected chi connectivity index (χ3v) is 4.05. The molecule has 0 aliphatic carbocycles. The lowest BCUT2D eigenvalue weighted by molar-refractivity contribution is 0.0996. The van der Waals surface area contributed by atoms with E-state index in [4.69, 9.17) is 5.73 Å². The van der Waals surface area contributed by atoms with E-state index in [1.807, 2.05) is 0 Å². The second-order valence-corrected chi connectivity index (χ2v) is 5.16. The lowest BCUT2D eigenvalue weighted by Gasteiger charge is -2.28. The van der Waals surface area contributed by atoms with Gasteiger partial charge in [0.15, 0.2) is 5.13 Å². The molecule has 5 heteroatoms. The zero-order chi connectivity index (χ0) is 12.5. The zero-order valence-electron chi connectivity index (χ0n) is 9.80. The normalized spacial score (nSPS) is 14.3. The SMILES string of the molecule is NC(=O)c1csc(N2CCc3ccccc3C2)n1. The van der Waals surface area contributed by atoms with Crippen molar-refractivity contribution in [3.8, 4) is 0 Å². The van der Waals surface area contributed by atoms with Crippen molar-refractivity contribution in [1.82, 2.24) is 4.98 Å². The van der Waals surface area contributed by atoms with Crippen LogP contribution in [0.2, 0.25) is 0 Å². The summed E-state index contributed by atoms with van der Waals surface area (Å²) < 4.78 is 0. The molecule has 0 atom stereocenters. The molecule has 1 aliphatic rings. The third kappa shape index (κ3) is 1.97. The predicted octanol–water partition coefficient (Wildman–Crippen LogP) is 1.80. The first-order valence-corrected chi connectivity index (χ1v) is 6.69. The fourth-order valence-corrected chi connectivity index (χ4v) is 3.02. The molecule has 1 aromatic carbocycles. The maximum absolute atomic E-state index is 11.0. The number of carbonyl (C=O) groups is 1. The number of hydrogen-bond donors (Lipinski definition) is 1. The highest BCUT2D eigenvalue weighted by molar-refractivity contribution is 7.13. The number of aromatic nitrogens is 1. The van der Waals surface area contributed by atoms with Crippen LogP contribution < -0.4 is 10.6 Å². The molecule has 0 radical (unpaired) electrons. The van der Waals surface area contributed by atoms with Gasteiger partial charge in [-0.05, 0) is 17.5 Å². The first-order chi connectivity index (χ1) is 8.74. The monoisotopic (exact) mass is 259 g/mol. The summed E-state index contributed by atoms with van der Waals surface area (Å²) in [6.07, 6.45) is 1.02. The molecule has 0 saturated heterocycles. The molecular weight excluding hydrogens is 246 g/mol. The van der Waals surface area contributed by atoms with Crippen molar-refractivity contribution in [3.63, 3.8) is 0 Å². The van der Waals surface area contributed by atoms with Crippen LogP contribution in [0.4, 0.5) is 5.13 Å². The summed E-state index contributed by atoms with van der Waals surface area (Å²) >= 11 is 1.47. The number of fused-ring (bicyclic) bond motifs is 1. The second kappa shape index (κ2) is 4.42. The average Bonchev–Trinajstić information content (AvgIpc) is 2.88. The predicted molar refractivity (Wildman–Crippen MR) is 71.8 cm³/mol. The summed E-state index contributed by atoms with van der Waals surface area (Å²) in [4.78, 5) is 17.5. The van der Waals surface area contributed by atoms with Crippen LogP contribution in [0.5, 0.6) is 0 Å². The summed E-state index contributed by atoms with van der Waals surface area (Å²) in [6, 6.07) is 8.44. The number of hydrogen-bond acceptors (Lipinski definition) is 4. The standard InChI is InChI=1S/C13H13N3OS/c14-12(17)11-8-18-13(15-11)16-6-5-9-3-1-2-4-10(9)7-16/h1-4,8H,5-7H2,(H2,14,17). The van der Waals surface area contributed by atoms with Crippen molar-refractivity contribution in [2.45, 2.75) is 13.0 Å². The summed E-state index contributed by atoms with van der Waals surface area (Å²) in [5.41, 5.74) is 8.31. The molecule has 2 N–H and O–H groups in total. The largest absolute Gasteiger partial charge is 0.364 e. The van der Waals surface area contributed by atoms with E-state index in [9.17, 15) is 4.79 Å². The Balaban J connectivity index is 1.85. The Hall–Kier alpha value is -1.88. The molecular formula is C13H13N3OS. The van der Waals surface area contributed by atoms with E-state index >= 15 is 0 Å². The van der Waals surface area contributed by atoms with Gasteiger partial charge in [-0.15, -0.1) is 11.3 Å². The van der Waals surface area contributed by atoms with Crippen LogP contribution in [0, 0.1) is 0 Å². The minimum absolute atomic E-state index is 0.355. The first kappa shape index (κ1) is 11.2. The van der Waals surface area contributed by atoms with E-state index in [1.54, 1.807) is 5.38 Å². The van der Waals surface area contributed by atoms with E-state index in [0.29, 0.717) is 5.69 Å². The minimum atomic E-state index is -0.463. The fourth-order valence-electron chi connectivity index (χ4n) is 2.18. The van der Waals surface area contributed by atoms with Crippen molar-refractivity contribution < 1.29 is 4.79 Å². The lowest BCUT2D eigenvalue weighted by Crippen LogP contribution is -2.30.